The number of ketones is 1. The fourth-order valence-corrected chi connectivity index (χ4v) is 5.49. The zero-order valence-corrected chi connectivity index (χ0v) is 20.6. The Kier molecular flexibility index (Phi) is 6.31. The van der Waals surface area contributed by atoms with Gasteiger partial charge in [-0.2, -0.15) is 0 Å². The van der Waals surface area contributed by atoms with Crippen molar-refractivity contribution in [2.45, 2.75) is 47.1 Å². The summed E-state index contributed by atoms with van der Waals surface area (Å²) in [6.45, 7) is 8.81. The number of aryl methyl sites for hydroxylation is 3. The van der Waals surface area contributed by atoms with Crippen molar-refractivity contribution in [2.24, 2.45) is 0 Å². The number of ether oxygens (including phenoxy) is 1. The van der Waals surface area contributed by atoms with Gasteiger partial charge < -0.3 is 10.1 Å². The fourth-order valence-electron chi connectivity index (χ4n) is 3.77. The van der Waals surface area contributed by atoms with Crippen molar-refractivity contribution in [2.75, 3.05) is 16.8 Å². The Morgan fingerprint density at radius 3 is 2.55 bits per heavy atom. The van der Waals surface area contributed by atoms with Gasteiger partial charge >= 0.3 is 0 Å². The molecule has 33 heavy (non-hydrogen) atoms. The van der Waals surface area contributed by atoms with Gasteiger partial charge in [-0.05, 0) is 45.4 Å². The lowest BCUT2D eigenvalue weighted by atomic mass is 10.1. The molecule has 10 heteroatoms. The summed E-state index contributed by atoms with van der Waals surface area (Å²) in [5, 5.41) is 4.01. The Morgan fingerprint density at radius 2 is 1.94 bits per heavy atom. The SMILES string of the molecule is CCC1Oc2ccc(-c3nc(C)sc3C)cc2N(CC(=O)Nc2nc(C)c(C(C)=O)s2)C1=O. The molecule has 3 aromatic rings. The summed E-state index contributed by atoms with van der Waals surface area (Å²) in [6, 6.07) is 5.58. The van der Waals surface area contributed by atoms with Crippen LogP contribution in [0.1, 0.15) is 45.5 Å². The van der Waals surface area contributed by atoms with E-state index >= 15 is 0 Å². The molecule has 1 unspecified atom stereocenters. The summed E-state index contributed by atoms with van der Waals surface area (Å²) in [5.41, 5.74) is 2.81. The average molecular weight is 485 g/mol. The van der Waals surface area contributed by atoms with Gasteiger partial charge in [0.1, 0.15) is 12.3 Å². The quantitative estimate of drug-likeness (QED) is 0.516. The van der Waals surface area contributed by atoms with Crippen molar-refractivity contribution in [3.63, 3.8) is 0 Å². The number of thiazole rings is 2. The molecule has 8 nitrogen and oxygen atoms in total. The number of nitrogens with one attached hydrogen (secondary N) is 1. The molecular formula is C23H24N4O4S2. The van der Waals surface area contributed by atoms with Gasteiger partial charge in [0, 0.05) is 17.4 Å². The van der Waals surface area contributed by atoms with Gasteiger partial charge in [-0.3, -0.25) is 19.3 Å². The number of benzene rings is 1. The minimum Gasteiger partial charge on any atom is -0.478 e. The van der Waals surface area contributed by atoms with E-state index in [0.29, 0.717) is 33.6 Å². The first kappa shape index (κ1) is 23.1. The third-order valence-electron chi connectivity index (χ3n) is 5.27. The molecule has 0 aliphatic carbocycles. The third kappa shape index (κ3) is 4.53. The number of carbonyl (C=O) groups is 3. The second-order valence-electron chi connectivity index (χ2n) is 7.80. The number of amides is 2. The number of rotatable bonds is 6. The highest BCUT2D eigenvalue weighted by Gasteiger charge is 2.35. The minimum atomic E-state index is -0.661. The van der Waals surface area contributed by atoms with Gasteiger partial charge in [0.2, 0.25) is 5.91 Å². The predicted octanol–water partition coefficient (Wildman–Crippen LogP) is 4.54. The van der Waals surface area contributed by atoms with E-state index in [1.165, 1.54) is 11.8 Å². The second kappa shape index (κ2) is 9.03. The summed E-state index contributed by atoms with van der Waals surface area (Å²) >= 11 is 2.73. The Labute approximate surface area is 199 Å². The summed E-state index contributed by atoms with van der Waals surface area (Å²) < 4.78 is 5.91. The molecule has 1 aliphatic heterocycles. The van der Waals surface area contributed by atoms with Crippen molar-refractivity contribution in [3.05, 3.63) is 38.7 Å². The molecule has 1 N–H and O–H groups in total. The lowest BCUT2D eigenvalue weighted by Crippen LogP contribution is -2.48. The van der Waals surface area contributed by atoms with Gasteiger partial charge in [0.15, 0.2) is 17.0 Å². The van der Waals surface area contributed by atoms with Crippen LogP contribution in [0.2, 0.25) is 0 Å². The topological polar surface area (TPSA) is 101 Å². The lowest BCUT2D eigenvalue weighted by Gasteiger charge is -2.34. The van der Waals surface area contributed by atoms with Crippen LogP contribution in [0.5, 0.6) is 5.75 Å². The number of carbonyl (C=O) groups excluding carboxylic acids is 3. The van der Waals surface area contributed by atoms with E-state index in [9.17, 15) is 14.4 Å². The molecule has 2 amide bonds. The van der Waals surface area contributed by atoms with Gasteiger partial charge in [0.25, 0.3) is 5.91 Å². The summed E-state index contributed by atoms with van der Waals surface area (Å²) in [6.07, 6.45) is -0.179. The molecular weight excluding hydrogens is 460 g/mol. The molecule has 0 spiro atoms. The molecule has 0 radical (unpaired) electrons. The third-order valence-corrected chi connectivity index (χ3v) is 7.33. The molecule has 3 heterocycles. The minimum absolute atomic E-state index is 0.103. The summed E-state index contributed by atoms with van der Waals surface area (Å²) in [5.74, 6) is -0.232. The number of Topliss-reactive ketones (excluding diaryl/α,β-unsaturated/α-hetero) is 1. The number of aromatic nitrogens is 2. The Balaban J connectivity index is 1.64. The number of hydrogen-bond acceptors (Lipinski definition) is 8. The molecule has 0 bridgehead atoms. The molecule has 0 saturated heterocycles. The number of anilines is 2. The van der Waals surface area contributed by atoms with E-state index in [0.717, 1.165) is 32.5 Å². The Bertz CT molecular complexity index is 1260. The van der Waals surface area contributed by atoms with Crippen molar-refractivity contribution < 1.29 is 19.1 Å². The van der Waals surface area contributed by atoms with Crippen LogP contribution in [0.15, 0.2) is 18.2 Å². The summed E-state index contributed by atoms with van der Waals surface area (Å²) in [7, 11) is 0. The second-order valence-corrected chi connectivity index (χ2v) is 10.2. The zero-order valence-electron chi connectivity index (χ0n) is 19.0. The van der Waals surface area contributed by atoms with Crippen molar-refractivity contribution in [1.82, 2.24) is 9.97 Å². The van der Waals surface area contributed by atoms with Crippen LogP contribution in [0, 0.1) is 20.8 Å². The zero-order chi connectivity index (χ0) is 23.9. The van der Waals surface area contributed by atoms with E-state index in [4.69, 9.17) is 4.74 Å². The van der Waals surface area contributed by atoms with Gasteiger partial charge in [-0.15, -0.1) is 11.3 Å². The molecule has 1 aromatic carbocycles. The molecule has 2 aromatic heterocycles. The standard InChI is InChI=1S/C23H24N4O4S2/c1-6-17-22(30)27(10-19(29)26-23-24-11(2)21(33-23)12(3)28)16-9-15(7-8-18(16)31-17)20-13(4)32-14(5)25-20/h7-9,17H,6,10H2,1-5H3,(H,24,26,29). The van der Waals surface area contributed by atoms with Crippen LogP contribution in [0.4, 0.5) is 10.8 Å². The Morgan fingerprint density at radius 1 is 1.18 bits per heavy atom. The van der Waals surface area contributed by atoms with Crippen molar-refractivity contribution in [3.8, 4) is 17.0 Å². The fraction of sp³-hybridized carbons (Fsp3) is 0.348. The van der Waals surface area contributed by atoms with Crippen molar-refractivity contribution >= 4 is 51.1 Å². The van der Waals surface area contributed by atoms with E-state index in [1.54, 1.807) is 18.3 Å². The predicted molar refractivity (Wildman–Crippen MR) is 130 cm³/mol. The summed E-state index contributed by atoms with van der Waals surface area (Å²) in [4.78, 5) is 49.6. The van der Waals surface area contributed by atoms with Crippen LogP contribution in [0.25, 0.3) is 11.3 Å². The lowest BCUT2D eigenvalue weighted by molar-refractivity contribution is -0.128. The largest absolute Gasteiger partial charge is 0.478 e. The first-order valence-electron chi connectivity index (χ1n) is 10.5. The van der Waals surface area contributed by atoms with Crippen LogP contribution in [0.3, 0.4) is 0 Å². The van der Waals surface area contributed by atoms with Crippen molar-refractivity contribution in [1.29, 1.82) is 0 Å². The van der Waals surface area contributed by atoms with E-state index in [-0.39, 0.29) is 18.2 Å². The molecule has 172 valence electrons. The molecule has 4 rings (SSSR count). The monoisotopic (exact) mass is 484 g/mol. The maximum atomic E-state index is 13.1. The number of nitrogens with zero attached hydrogens (tertiary/aromatic N) is 3. The van der Waals surface area contributed by atoms with E-state index in [2.05, 4.69) is 15.3 Å². The van der Waals surface area contributed by atoms with Crippen LogP contribution >= 0.6 is 22.7 Å². The molecule has 1 atom stereocenters. The highest BCUT2D eigenvalue weighted by molar-refractivity contribution is 7.17. The highest BCUT2D eigenvalue weighted by atomic mass is 32.1. The van der Waals surface area contributed by atoms with Crippen LogP contribution in [-0.2, 0) is 9.59 Å². The average Bonchev–Trinajstić information content (AvgIpc) is 3.30. The first-order valence-corrected chi connectivity index (χ1v) is 12.2. The molecule has 0 fully saturated rings. The first-order chi connectivity index (χ1) is 15.7. The van der Waals surface area contributed by atoms with Crippen LogP contribution < -0.4 is 15.0 Å². The van der Waals surface area contributed by atoms with Gasteiger partial charge in [-0.1, -0.05) is 18.3 Å². The normalized spacial score (nSPS) is 15.2. The van der Waals surface area contributed by atoms with Gasteiger partial charge in [0.05, 0.1) is 27.0 Å². The highest BCUT2D eigenvalue weighted by Crippen LogP contribution is 2.39. The number of fused-ring (bicyclic) bond motifs is 1. The van der Waals surface area contributed by atoms with E-state index < -0.39 is 12.0 Å². The Hall–Kier alpha value is -3.11. The smallest absolute Gasteiger partial charge is 0.268 e. The maximum absolute atomic E-state index is 13.1. The van der Waals surface area contributed by atoms with E-state index in [1.807, 2.05) is 39.0 Å². The van der Waals surface area contributed by atoms with Gasteiger partial charge in [-0.25, -0.2) is 9.97 Å². The van der Waals surface area contributed by atoms with Crippen LogP contribution in [-0.4, -0.2) is 40.2 Å². The maximum Gasteiger partial charge on any atom is 0.268 e. The molecule has 0 saturated carbocycles. The number of hydrogen-bond donors (Lipinski definition) is 1. The molecule has 1 aliphatic rings.